The van der Waals surface area contributed by atoms with Crippen molar-refractivity contribution in [3.8, 4) is 0 Å². The van der Waals surface area contributed by atoms with E-state index >= 15 is 0 Å². The van der Waals surface area contributed by atoms with Crippen LogP contribution < -0.4 is 5.32 Å². The molecule has 2 aliphatic rings. The fraction of sp³-hybridized carbons (Fsp3) is 0.400. The van der Waals surface area contributed by atoms with Crippen molar-refractivity contribution in [3.05, 3.63) is 40.8 Å². The van der Waals surface area contributed by atoms with Gasteiger partial charge in [-0.2, -0.15) is 13.2 Å². The van der Waals surface area contributed by atoms with E-state index in [1.165, 1.54) is 19.1 Å². The molecular formula is C15H14F3NO2. The van der Waals surface area contributed by atoms with E-state index in [2.05, 4.69) is 5.32 Å². The summed E-state index contributed by atoms with van der Waals surface area (Å²) in [6, 6.07) is 3.70. The summed E-state index contributed by atoms with van der Waals surface area (Å²) in [7, 11) is 0. The predicted molar refractivity (Wildman–Crippen MR) is 70.5 cm³/mol. The molecule has 0 bridgehead atoms. The number of benzene rings is 1. The molecule has 0 spiro atoms. The zero-order valence-corrected chi connectivity index (χ0v) is 11.4. The summed E-state index contributed by atoms with van der Waals surface area (Å²) >= 11 is 0. The van der Waals surface area contributed by atoms with E-state index in [0.717, 1.165) is 24.6 Å². The molecule has 1 N–H and O–H groups in total. The quantitative estimate of drug-likeness (QED) is 0.790. The molecular weight excluding hydrogens is 283 g/mol. The Bertz CT molecular complexity index is 634. The number of esters is 1. The Kier molecular flexibility index (Phi) is 3.19. The lowest BCUT2D eigenvalue weighted by atomic mass is 9.87. The molecule has 1 aliphatic heterocycles. The molecule has 0 saturated heterocycles. The molecule has 3 nitrogen and oxygen atoms in total. The summed E-state index contributed by atoms with van der Waals surface area (Å²) in [5.41, 5.74) is 1.37. The van der Waals surface area contributed by atoms with Gasteiger partial charge in [0, 0.05) is 24.9 Å². The molecule has 0 saturated carbocycles. The van der Waals surface area contributed by atoms with Crippen molar-refractivity contribution in [2.45, 2.75) is 38.3 Å². The topological polar surface area (TPSA) is 38.3 Å². The van der Waals surface area contributed by atoms with Crippen molar-refractivity contribution < 1.29 is 22.7 Å². The summed E-state index contributed by atoms with van der Waals surface area (Å²) in [4.78, 5) is 11.1. The number of fused-ring (bicyclic) bond motifs is 3. The Morgan fingerprint density at radius 3 is 2.81 bits per heavy atom. The molecule has 1 heterocycles. The van der Waals surface area contributed by atoms with Gasteiger partial charge in [-0.05, 0) is 36.6 Å². The molecule has 1 unspecified atom stereocenters. The van der Waals surface area contributed by atoms with Crippen LogP contribution in [0.4, 0.5) is 18.9 Å². The van der Waals surface area contributed by atoms with Gasteiger partial charge in [0.25, 0.3) is 0 Å². The van der Waals surface area contributed by atoms with Crippen molar-refractivity contribution in [3.63, 3.8) is 0 Å². The van der Waals surface area contributed by atoms with Crippen LogP contribution in [0.15, 0.2) is 29.7 Å². The number of anilines is 1. The van der Waals surface area contributed by atoms with E-state index in [9.17, 15) is 18.0 Å². The first-order valence-corrected chi connectivity index (χ1v) is 6.76. The molecule has 0 radical (unpaired) electrons. The van der Waals surface area contributed by atoms with Gasteiger partial charge in [-0.15, -0.1) is 0 Å². The number of hydrogen-bond donors (Lipinski definition) is 1. The summed E-state index contributed by atoms with van der Waals surface area (Å²) in [6.07, 6.45) is -2.19. The first-order valence-electron chi connectivity index (χ1n) is 6.76. The van der Waals surface area contributed by atoms with Crippen LogP contribution in [0.1, 0.15) is 43.2 Å². The van der Waals surface area contributed by atoms with Gasteiger partial charge < -0.3 is 10.1 Å². The maximum absolute atomic E-state index is 12.8. The van der Waals surface area contributed by atoms with Crippen LogP contribution in [0.5, 0.6) is 0 Å². The summed E-state index contributed by atoms with van der Waals surface area (Å²) < 4.78 is 43.7. The third kappa shape index (κ3) is 2.50. The Morgan fingerprint density at radius 1 is 1.38 bits per heavy atom. The van der Waals surface area contributed by atoms with E-state index < -0.39 is 17.7 Å². The van der Waals surface area contributed by atoms with Gasteiger partial charge in [0.05, 0.1) is 11.3 Å². The zero-order valence-electron chi connectivity index (χ0n) is 11.4. The Morgan fingerprint density at radius 2 is 2.14 bits per heavy atom. The van der Waals surface area contributed by atoms with Crippen LogP contribution in [0, 0.1) is 0 Å². The monoisotopic (exact) mass is 297 g/mol. The third-order valence-corrected chi connectivity index (χ3v) is 3.84. The molecule has 0 aromatic heterocycles. The lowest BCUT2D eigenvalue weighted by Gasteiger charge is -2.22. The van der Waals surface area contributed by atoms with Gasteiger partial charge in [-0.3, -0.25) is 4.79 Å². The predicted octanol–water partition coefficient (Wildman–Crippen LogP) is 4.17. The highest BCUT2D eigenvalue weighted by molar-refractivity contribution is 5.70. The normalized spacial score (nSPS) is 20.7. The number of rotatable bonds is 1. The maximum atomic E-state index is 12.8. The van der Waals surface area contributed by atoms with E-state index in [-0.39, 0.29) is 5.92 Å². The second-order valence-electron chi connectivity index (χ2n) is 5.30. The average molecular weight is 297 g/mol. The van der Waals surface area contributed by atoms with Crippen LogP contribution in [-0.4, -0.2) is 5.97 Å². The average Bonchev–Trinajstić information content (AvgIpc) is 2.76. The number of carbonyl (C=O) groups excluding carboxylic acids is 1. The summed E-state index contributed by atoms with van der Waals surface area (Å²) in [6.45, 7) is 1.32. The minimum Gasteiger partial charge on any atom is -0.429 e. The largest absolute Gasteiger partial charge is 0.429 e. The highest BCUT2D eigenvalue weighted by Crippen LogP contribution is 2.47. The molecule has 1 atom stereocenters. The summed E-state index contributed by atoms with van der Waals surface area (Å²) in [5.74, 6) is -0.0132. The lowest BCUT2D eigenvalue weighted by molar-refractivity contribution is -0.138. The van der Waals surface area contributed by atoms with Gasteiger partial charge in [-0.1, -0.05) is 0 Å². The van der Waals surface area contributed by atoms with E-state index in [4.69, 9.17) is 4.74 Å². The Hall–Kier alpha value is -1.98. The molecule has 6 heteroatoms. The summed E-state index contributed by atoms with van der Waals surface area (Å²) in [5, 5.41) is 3.11. The van der Waals surface area contributed by atoms with Crippen LogP contribution in [0.3, 0.4) is 0 Å². The van der Waals surface area contributed by atoms with Gasteiger partial charge in [0.2, 0.25) is 0 Å². The van der Waals surface area contributed by atoms with Crippen molar-refractivity contribution >= 4 is 11.7 Å². The maximum Gasteiger partial charge on any atom is 0.416 e. The third-order valence-electron chi connectivity index (χ3n) is 3.84. The number of alkyl halides is 3. The number of ether oxygens (including phenoxy) is 1. The van der Waals surface area contributed by atoms with Gasteiger partial charge in [0.1, 0.15) is 5.76 Å². The highest BCUT2D eigenvalue weighted by Gasteiger charge is 2.37. The van der Waals surface area contributed by atoms with Gasteiger partial charge in [0.15, 0.2) is 0 Å². The van der Waals surface area contributed by atoms with E-state index in [1.54, 1.807) is 0 Å². The SMILES string of the molecule is CC(=O)OC1=C2Nc3ccc(C(F)(F)F)cc3C2CCC1. The van der Waals surface area contributed by atoms with Crippen molar-refractivity contribution in [2.24, 2.45) is 0 Å². The van der Waals surface area contributed by atoms with E-state index in [1.807, 2.05) is 0 Å². The number of hydrogen-bond acceptors (Lipinski definition) is 3. The minimum absolute atomic E-state index is 0.148. The molecule has 1 aliphatic carbocycles. The van der Waals surface area contributed by atoms with Crippen molar-refractivity contribution in [1.29, 1.82) is 0 Å². The van der Waals surface area contributed by atoms with Crippen LogP contribution in [-0.2, 0) is 15.7 Å². The fourth-order valence-electron chi connectivity index (χ4n) is 2.97. The standard InChI is InChI=1S/C15H14F3NO2/c1-8(20)21-13-4-2-3-10-11-7-9(15(16,17)18)5-6-12(11)19-14(10)13/h5-7,10,19H,2-4H2,1H3. The lowest BCUT2D eigenvalue weighted by Crippen LogP contribution is -2.14. The van der Waals surface area contributed by atoms with Crippen LogP contribution in [0.2, 0.25) is 0 Å². The number of allylic oxidation sites excluding steroid dienone is 2. The second-order valence-corrected chi connectivity index (χ2v) is 5.30. The molecule has 1 aromatic carbocycles. The number of halogens is 3. The van der Waals surface area contributed by atoms with Gasteiger partial charge in [-0.25, -0.2) is 0 Å². The molecule has 21 heavy (non-hydrogen) atoms. The van der Waals surface area contributed by atoms with Crippen molar-refractivity contribution in [1.82, 2.24) is 0 Å². The zero-order chi connectivity index (χ0) is 15.2. The van der Waals surface area contributed by atoms with Gasteiger partial charge >= 0.3 is 12.1 Å². The molecule has 3 rings (SSSR count). The molecule has 0 fully saturated rings. The Balaban J connectivity index is 2.01. The van der Waals surface area contributed by atoms with Crippen LogP contribution in [0.25, 0.3) is 0 Å². The first-order chi connectivity index (χ1) is 9.86. The first kappa shape index (κ1) is 14.0. The smallest absolute Gasteiger partial charge is 0.416 e. The second kappa shape index (κ2) is 4.79. The minimum atomic E-state index is -4.35. The Labute approximate surface area is 119 Å². The van der Waals surface area contributed by atoms with Crippen LogP contribution >= 0.6 is 0 Å². The molecule has 1 aromatic rings. The molecule has 112 valence electrons. The number of carbonyl (C=O) groups is 1. The van der Waals surface area contributed by atoms with E-state index in [0.29, 0.717) is 23.4 Å². The van der Waals surface area contributed by atoms with Crippen molar-refractivity contribution in [2.75, 3.05) is 5.32 Å². The molecule has 0 amide bonds. The fourth-order valence-corrected chi connectivity index (χ4v) is 2.97. The number of nitrogens with one attached hydrogen (secondary N) is 1. The highest BCUT2D eigenvalue weighted by atomic mass is 19.4.